The summed E-state index contributed by atoms with van der Waals surface area (Å²) in [6, 6.07) is 7.79. The number of carbonyl (C=O) groups excluding carboxylic acids is 2. The van der Waals surface area contributed by atoms with E-state index >= 15 is 0 Å². The van der Waals surface area contributed by atoms with Gasteiger partial charge in [0.05, 0.1) is 25.9 Å². The highest BCUT2D eigenvalue weighted by Crippen LogP contribution is 2.34. The Morgan fingerprint density at radius 3 is 2.09 bits per heavy atom. The van der Waals surface area contributed by atoms with Crippen LogP contribution in [0, 0.1) is 0 Å². The van der Waals surface area contributed by atoms with Gasteiger partial charge >= 0.3 is 11.9 Å². The van der Waals surface area contributed by atoms with Crippen LogP contribution in [0.4, 0.5) is 0 Å². The number of aliphatic hydroxyl groups is 6. The van der Waals surface area contributed by atoms with E-state index in [4.69, 9.17) is 37.9 Å². The highest BCUT2D eigenvalue weighted by atomic mass is 16.8. The Kier molecular flexibility index (Phi) is 14.5. The second kappa shape index (κ2) is 18.9. The number of phenols is 4. The Hall–Kier alpha value is -4.16. The van der Waals surface area contributed by atoms with Gasteiger partial charge in [0.1, 0.15) is 48.8 Å². The van der Waals surface area contributed by atoms with E-state index in [1.165, 1.54) is 43.3 Å². The zero-order valence-corrected chi connectivity index (χ0v) is 30.1. The van der Waals surface area contributed by atoms with Gasteiger partial charge in [0, 0.05) is 13.0 Å². The van der Waals surface area contributed by atoms with Crippen molar-refractivity contribution in [1.82, 2.24) is 0 Å². The molecule has 0 aliphatic carbocycles. The summed E-state index contributed by atoms with van der Waals surface area (Å²) in [5.41, 5.74) is 0.778. The minimum atomic E-state index is -1.89. The van der Waals surface area contributed by atoms with Gasteiger partial charge in [0.15, 0.2) is 54.1 Å². The maximum absolute atomic E-state index is 13.4. The van der Waals surface area contributed by atoms with E-state index in [1.807, 2.05) is 0 Å². The standard InChI is InChI=1S/C36H46O20/c1-15-26(44)28(46)30(48)35(52-15)56-32-31(55-25(43)8-5-17-3-6-19(38)21(40)11-17)24(14-51-34-29(47)27(45)23(42)13-50-34)54-36(33(32)53-16(2)37)49-10-9-18-4-7-20(39)22(41)12-18/h3-8,11-12,15,23-24,26-36,38-42,44-48H,9-10,13-14H2,1-2H3/b8-5+/t15-,23-,24+,26-,27+,28+,29+,30+,31+,32-,33+,34-,35-,36+/m0/s1. The van der Waals surface area contributed by atoms with E-state index in [2.05, 4.69) is 0 Å². The average Bonchev–Trinajstić information content (AvgIpc) is 3.15. The van der Waals surface area contributed by atoms with Crippen molar-refractivity contribution in [2.75, 3.05) is 19.8 Å². The van der Waals surface area contributed by atoms with E-state index < -0.39 is 128 Å². The quantitative estimate of drug-likeness (QED) is 0.0596. The van der Waals surface area contributed by atoms with Crippen molar-refractivity contribution in [2.45, 2.75) is 106 Å². The van der Waals surface area contributed by atoms with Crippen molar-refractivity contribution in [3.63, 3.8) is 0 Å². The molecule has 0 amide bonds. The Balaban J connectivity index is 1.49. The third-order valence-electron chi connectivity index (χ3n) is 9.25. The largest absolute Gasteiger partial charge is 0.504 e. The molecule has 0 aromatic heterocycles. The first-order chi connectivity index (χ1) is 26.5. The van der Waals surface area contributed by atoms with Crippen LogP contribution in [0.3, 0.4) is 0 Å². The number of aromatic hydroxyl groups is 4. The summed E-state index contributed by atoms with van der Waals surface area (Å²) in [5, 5.41) is 102. The molecule has 310 valence electrons. The van der Waals surface area contributed by atoms with Gasteiger partial charge in [-0.25, -0.2) is 4.79 Å². The fraction of sp³-hybridized carbons (Fsp3) is 0.556. The molecule has 3 aliphatic heterocycles. The van der Waals surface area contributed by atoms with Crippen molar-refractivity contribution in [3.05, 3.63) is 53.6 Å². The number of hydrogen-bond donors (Lipinski definition) is 10. The smallest absolute Gasteiger partial charge is 0.331 e. The average molecular weight is 799 g/mol. The summed E-state index contributed by atoms with van der Waals surface area (Å²) >= 11 is 0. The third kappa shape index (κ3) is 10.4. The Bertz CT molecular complexity index is 1670. The Labute approximate surface area is 319 Å². The first-order valence-corrected chi connectivity index (χ1v) is 17.5. The lowest BCUT2D eigenvalue weighted by Gasteiger charge is -2.47. The molecule has 3 aliphatic rings. The van der Waals surface area contributed by atoms with Gasteiger partial charge in [0.2, 0.25) is 0 Å². The minimum Gasteiger partial charge on any atom is -0.504 e. The second-order valence-corrected chi connectivity index (χ2v) is 13.4. The fourth-order valence-electron chi connectivity index (χ4n) is 6.16. The highest BCUT2D eigenvalue weighted by molar-refractivity contribution is 5.87. The van der Waals surface area contributed by atoms with Gasteiger partial charge in [-0.1, -0.05) is 12.1 Å². The van der Waals surface area contributed by atoms with E-state index in [1.54, 1.807) is 0 Å². The summed E-state index contributed by atoms with van der Waals surface area (Å²) in [4.78, 5) is 26.0. The summed E-state index contributed by atoms with van der Waals surface area (Å²) in [6.07, 6.45) is -20.2. The fourth-order valence-corrected chi connectivity index (χ4v) is 6.16. The molecule has 20 heteroatoms. The summed E-state index contributed by atoms with van der Waals surface area (Å²) in [6.45, 7) is 1.21. The number of hydrogen-bond acceptors (Lipinski definition) is 20. The molecule has 0 radical (unpaired) electrons. The van der Waals surface area contributed by atoms with Crippen LogP contribution >= 0.6 is 0 Å². The van der Waals surface area contributed by atoms with Gasteiger partial charge in [-0.15, -0.1) is 0 Å². The Morgan fingerprint density at radius 1 is 0.732 bits per heavy atom. The molecular weight excluding hydrogens is 752 g/mol. The van der Waals surface area contributed by atoms with Crippen LogP contribution in [0.25, 0.3) is 6.08 Å². The molecule has 0 spiro atoms. The number of benzene rings is 2. The summed E-state index contributed by atoms with van der Waals surface area (Å²) in [7, 11) is 0. The van der Waals surface area contributed by atoms with Gasteiger partial charge in [-0.05, 0) is 54.8 Å². The van der Waals surface area contributed by atoms with Crippen LogP contribution in [0.1, 0.15) is 25.0 Å². The number of esters is 2. The number of rotatable bonds is 13. The molecule has 20 nitrogen and oxygen atoms in total. The monoisotopic (exact) mass is 798 g/mol. The molecular formula is C36H46O20. The maximum atomic E-state index is 13.4. The second-order valence-electron chi connectivity index (χ2n) is 13.4. The van der Waals surface area contributed by atoms with Crippen LogP contribution in [0.2, 0.25) is 0 Å². The first-order valence-electron chi connectivity index (χ1n) is 17.5. The number of aliphatic hydroxyl groups excluding tert-OH is 6. The summed E-state index contributed by atoms with van der Waals surface area (Å²) < 4.78 is 46.4. The van der Waals surface area contributed by atoms with Gasteiger partial charge in [0.25, 0.3) is 0 Å². The van der Waals surface area contributed by atoms with E-state index in [0.717, 1.165) is 19.1 Å². The molecule has 3 fully saturated rings. The van der Waals surface area contributed by atoms with Crippen molar-refractivity contribution < 1.29 is 98.5 Å². The first kappa shape index (κ1) is 43.0. The van der Waals surface area contributed by atoms with Crippen LogP contribution in [-0.2, 0) is 53.9 Å². The molecule has 0 bridgehead atoms. The predicted molar refractivity (Wildman–Crippen MR) is 183 cm³/mol. The zero-order valence-electron chi connectivity index (χ0n) is 30.1. The van der Waals surface area contributed by atoms with Crippen molar-refractivity contribution >= 4 is 18.0 Å². The van der Waals surface area contributed by atoms with E-state index in [9.17, 15) is 60.7 Å². The maximum Gasteiger partial charge on any atom is 0.331 e. The van der Waals surface area contributed by atoms with Gasteiger partial charge < -0.3 is 89.0 Å². The molecule has 3 saturated heterocycles. The zero-order chi connectivity index (χ0) is 40.8. The van der Waals surface area contributed by atoms with Crippen molar-refractivity contribution in [1.29, 1.82) is 0 Å². The molecule has 10 N–H and O–H groups in total. The molecule has 3 heterocycles. The van der Waals surface area contributed by atoms with Crippen LogP contribution in [-0.4, -0.2) is 169 Å². The van der Waals surface area contributed by atoms with Gasteiger partial charge in [-0.2, -0.15) is 0 Å². The molecule has 0 unspecified atom stereocenters. The van der Waals surface area contributed by atoms with Crippen LogP contribution < -0.4 is 0 Å². The van der Waals surface area contributed by atoms with Crippen LogP contribution in [0.15, 0.2) is 42.5 Å². The predicted octanol–water partition coefficient (Wildman–Crippen LogP) is -1.98. The summed E-state index contributed by atoms with van der Waals surface area (Å²) in [5.74, 6) is -3.59. The topological polar surface area (TPSA) is 310 Å². The van der Waals surface area contributed by atoms with Crippen molar-refractivity contribution in [2.24, 2.45) is 0 Å². The lowest BCUT2D eigenvalue weighted by Crippen LogP contribution is -2.66. The number of phenolic OH excluding ortho intramolecular Hbond substituents is 4. The van der Waals surface area contributed by atoms with Crippen molar-refractivity contribution in [3.8, 4) is 23.0 Å². The molecule has 5 rings (SSSR count). The lowest BCUT2D eigenvalue weighted by atomic mass is 9.96. The van der Waals surface area contributed by atoms with Crippen LogP contribution in [0.5, 0.6) is 23.0 Å². The van der Waals surface area contributed by atoms with E-state index in [0.29, 0.717) is 5.56 Å². The Morgan fingerprint density at radius 2 is 1.41 bits per heavy atom. The number of carbonyl (C=O) groups is 2. The lowest BCUT2D eigenvalue weighted by molar-refractivity contribution is -0.362. The minimum absolute atomic E-state index is 0.109. The van der Waals surface area contributed by atoms with E-state index in [-0.39, 0.29) is 24.3 Å². The number of ether oxygens (including phenoxy) is 8. The third-order valence-corrected chi connectivity index (χ3v) is 9.25. The molecule has 56 heavy (non-hydrogen) atoms. The molecule has 14 atom stereocenters. The molecule has 2 aromatic rings. The molecule has 0 saturated carbocycles. The SMILES string of the molecule is CC(=O)O[C@H]1[C@H](OCCc2ccc(O)c(O)c2)O[C@H](CO[C@@H]2OC[C@H](O)[C@@H](O)[C@H]2O)[C@@H](OC(=O)/C=C/c2ccc(O)c(O)c2)[C@@H]1O[C@@H]1O[C@@H](C)[C@H](O)[C@@H](O)[C@H]1O. The normalized spacial score (nSPS) is 34.9. The molecule has 2 aromatic carbocycles. The highest BCUT2D eigenvalue weighted by Gasteiger charge is 2.55. The van der Waals surface area contributed by atoms with Gasteiger partial charge in [-0.3, -0.25) is 4.79 Å².